The average molecular weight is 497 g/mol. The number of carbonyl (C=O) groups excluding carboxylic acids is 2. The molecule has 5 N–H and O–H groups in total. The fourth-order valence-electron chi connectivity index (χ4n) is 3.40. The largest absolute Gasteiger partial charge is 0.469 e. The normalized spacial score (nSPS) is 20.3. The summed E-state index contributed by atoms with van der Waals surface area (Å²) in [5, 5.41) is 12.7. The number of carbonyl (C=O) groups is 2. The Hall–Kier alpha value is -2.93. The average Bonchev–Trinajstić information content (AvgIpc) is 3.12. The molecule has 1 aromatic heterocycles. The van der Waals surface area contributed by atoms with Crippen molar-refractivity contribution in [1.29, 1.82) is 0 Å². The number of Topliss-reactive ketones (excluding diaryl/α,β-unsaturated/α-hetero) is 1. The predicted molar refractivity (Wildman–Crippen MR) is 116 cm³/mol. The first-order chi connectivity index (χ1) is 16.0. The second kappa shape index (κ2) is 11.0. The number of benzene rings is 1. The second-order valence-electron chi connectivity index (χ2n) is 7.61. The van der Waals surface area contributed by atoms with Crippen LogP contribution in [-0.2, 0) is 25.0 Å². The summed E-state index contributed by atoms with van der Waals surface area (Å²) in [4.78, 5) is 68.5. The molecular weight excluding hydrogens is 473 g/mol. The lowest BCUT2D eigenvalue weighted by Gasteiger charge is -2.16. The van der Waals surface area contributed by atoms with E-state index in [2.05, 4.69) is 9.84 Å². The molecule has 0 bridgehead atoms. The van der Waals surface area contributed by atoms with Crippen LogP contribution in [0.15, 0.2) is 46.1 Å². The number of aromatic nitrogens is 2. The number of nitrogens with one attached hydrogen (secondary N) is 2. The van der Waals surface area contributed by atoms with Gasteiger partial charge in [0.05, 0.1) is 24.7 Å². The van der Waals surface area contributed by atoms with E-state index in [9.17, 15) is 28.8 Å². The Morgan fingerprint density at radius 3 is 2.62 bits per heavy atom. The number of aromatic amines is 1. The van der Waals surface area contributed by atoms with Gasteiger partial charge in [-0.1, -0.05) is 30.3 Å². The number of nitrogens with zero attached hydrogens (tertiary/aromatic N) is 1. The van der Waals surface area contributed by atoms with Gasteiger partial charge in [0.25, 0.3) is 5.56 Å². The van der Waals surface area contributed by atoms with Crippen molar-refractivity contribution in [2.45, 2.75) is 37.7 Å². The van der Waals surface area contributed by atoms with Crippen molar-refractivity contribution < 1.29 is 38.3 Å². The van der Waals surface area contributed by atoms with Gasteiger partial charge in [0.1, 0.15) is 12.3 Å². The molecule has 3 rings (SSSR count). The maximum Gasteiger partial charge on any atom is 0.469 e. The molecule has 1 fully saturated rings. The van der Waals surface area contributed by atoms with Crippen LogP contribution < -0.4 is 16.6 Å². The zero-order chi connectivity index (χ0) is 24.9. The third kappa shape index (κ3) is 7.03. The minimum Gasteiger partial charge on any atom is -0.390 e. The third-order valence-electron chi connectivity index (χ3n) is 5.07. The first-order valence-corrected chi connectivity index (χ1v) is 11.8. The van der Waals surface area contributed by atoms with Crippen LogP contribution in [-0.4, -0.2) is 61.5 Å². The van der Waals surface area contributed by atoms with Crippen molar-refractivity contribution in [3.8, 4) is 0 Å². The van der Waals surface area contributed by atoms with Gasteiger partial charge in [-0.2, -0.15) is 0 Å². The summed E-state index contributed by atoms with van der Waals surface area (Å²) in [7, 11) is -4.79. The van der Waals surface area contributed by atoms with Gasteiger partial charge in [0.2, 0.25) is 5.91 Å². The minimum absolute atomic E-state index is 0.0243. The predicted octanol–water partition coefficient (Wildman–Crippen LogP) is -0.774. The number of aliphatic hydroxyl groups is 1. The van der Waals surface area contributed by atoms with E-state index < -0.39 is 49.9 Å². The number of hydrogen-bond donors (Lipinski definition) is 5. The molecule has 1 aliphatic heterocycles. The molecule has 3 atom stereocenters. The molecule has 184 valence electrons. The number of phosphoric acid groups is 1. The first kappa shape index (κ1) is 25.7. The van der Waals surface area contributed by atoms with Crippen LogP contribution in [0.2, 0.25) is 0 Å². The van der Waals surface area contributed by atoms with Crippen molar-refractivity contribution >= 4 is 19.5 Å². The quantitative estimate of drug-likeness (QED) is 0.205. The lowest BCUT2D eigenvalue weighted by molar-refractivity contribution is -0.120. The van der Waals surface area contributed by atoms with Crippen LogP contribution in [0.1, 0.15) is 35.0 Å². The minimum atomic E-state index is -4.79. The van der Waals surface area contributed by atoms with Crippen molar-refractivity contribution in [2.24, 2.45) is 0 Å². The Morgan fingerprint density at radius 2 is 1.94 bits per heavy atom. The summed E-state index contributed by atoms with van der Waals surface area (Å²) < 4.78 is 21.5. The number of ether oxygens (including phenoxy) is 1. The number of phosphoric ester groups is 1. The lowest BCUT2D eigenvalue weighted by Crippen LogP contribution is -2.36. The van der Waals surface area contributed by atoms with E-state index in [4.69, 9.17) is 14.5 Å². The zero-order valence-electron chi connectivity index (χ0n) is 17.8. The first-order valence-electron chi connectivity index (χ1n) is 10.3. The SMILES string of the molecule is O=C(Cc1ccccc1)NCCC(=O)c1cn([C@H]2C[C@H](O)[C@@H](COP(=O)(O)O)O2)c(=O)[nH]c1=O. The van der Waals surface area contributed by atoms with E-state index in [0.29, 0.717) is 0 Å². The molecule has 0 saturated carbocycles. The number of H-pyrrole nitrogens is 1. The van der Waals surface area contributed by atoms with E-state index in [1.165, 1.54) is 0 Å². The number of rotatable bonds is 10. The molecule has 0 radical (unpaired) electrons. The standard InChI is InChI=1S/C20H24N3O10P/c24-14(6-7-21-17(26)8-12-4-2-1-3-5-12)13-10-23(20(28)22-19(13)27)18-9-15(25)16(33-18)11-32-34(29,30)31/h1-5,10,15-16,18,25H,6-9,11H2,(H,21,26)(H,22,27,28)(H2,29,30,31)/t15-,16+,18+/m0/s1. The van der Waals surface area contributed by atoms with Gasteiger partial charge in [-0.3, -0.25) is 28.5 Å². The highest BCUT2D eigenvalue weighted by Gasteiger charge is 2.37. The Kier molecular flexibility index (Phi) is 8.31. The van der Waals surface area contributed by atoms with E-state index in [1.54, 1.807) is 24.3 Å². The number of ketones is 1. The highest BCUT2D eigenvalue weighted by molar-refractivity contribution is 7.46. The van der Waals surface area contributed by atoms with Gasteiger partial charge in [-0.05, 0) is 5.56 Å². The second-order valence-corrected chi connectivity index (χ2v) is 8.85. The Labute approximate surface area is 192 Å². The Balaban J connectivity index is 1.62. The van der Waals surface area contributed by atoms with Crippen molar-refractivity contribution in [3.05, 3.63) is 68.5 Å². The van der Waals surface area contributed by atoms with Crippen LogP contribution in [0.5, 0.6) is 0 Å². The molecule has 0 aliphatic carbocycles. The molecule has 14 heteroatoms. The Morgan fingerprint density at radius 1 is 1.24 bits per heavy atom. The molecule has 0 unspecified atom stereocenters. The highest BCUT2D eigenvalue weighted by atomic mass is 31.2. The molecule has 1 aromatic carbocycles. The van der Waals surface area contributed by atoms with Crippen LogP contribution in [0, 0.1) is 0 Å². The highest BCUT2D eigenvalue weighted by Crippen LogP contribution is 2.38. The van der Waals surface area contributed by atoms with E-state index in [-0.39, 0.29) is 37.3 Å². The molecule has 13 nitrogen and oxygen atoms in total. The van der Waals surface area contributed by atoms with E-state index in [1.807, 2.05) is 11.1 Å². The van der Waals surface area contributed by atoms with Gasteiger partial charge < -0.3 is 24.9 Å². The number of amides is 1. The lowest BCUT2D eigenvalue weighted by atomic mass is 10.1. The number of aliphatic hydroxyl groups excluding tert-OH is 1. The summed E-state index contributed by atoms with van der Waals surface area (Å²) in [6.07, 6.45) is -2.68. The van der Waals surface area contributed by atoms with Gasteiger partial charge in [0.15, 0.2) is 5.78 Å². The molecular formula is C20H24N3O10P. The number of hydrogen-bond acceptors (Lipinski definition) is 8. The van der Waals surface area contributed by atoms with Crippen LogP contribution in [0.4, 0.5) is 0 Å². The van der Waals surface area contributed by atoms with Gasteiger partial charge in [-0.25, -0.2) is 9.36 Å². The van der Waals surface area contributed by atoms with Crippen molar-refractivity contribution in [1.82, 2.24) is 14.9 Å². The molecule has 2 aromatic rings. The summed E-state index contributed by atoms with van der Waals surface area (Å²) >= 11 is 0. The summed E-state index contributed by atoms with van der Waals surface area (Å²) in [5.74, 6) is -0.926. The van der Waals surface area contributed by atoms with Crippen molar-refractivity contribution in [2.75, 3.05) is 13.2 Å². The maximum absolute atomic E-state index is 12.5. The van der Waals surface area contributed by atoms with Crippen LogP contribution >= 0.6 is 7.82 Å². The molecule has 2 heterocycles. The molecule has 1 aliphatic rings. The molecule has 1 saturated heterocycles. The molecule has 1 amide bonds. The topological polar surface area (TPSA) is 197 Å². The van der Waals surface area contributed by atoms with Gasteiger partial charge in [0, 0.05) is 25.6 Å². The molecule has 0 spiro atoms. The molecule has 34 heavy (non-hydrogen) atoms. The smallest absolute Gasteiger partial charge is 0.390 e. The summed E-state index contributed by atoms with van der Waals surface area (Å²) in [6, 6.07) is 9.00. The van der Waals surface area contributed by atoms with Gasteiger partial charge >= 0.3 is 13.5 Å². The monoisotopic (exact) mass is 497 g/mol. The van der Waals surface area contributed by atoms with E-state index in [0.717, 1.165) is 16.3 Å². The maximum atomic E-state index is 12.5. The van der Waals surface area contributed by atoms with Gasteiger partial charge in [-0.15, -0.1) is 0 Å². The third-order valence-corrected chi connectivity index (χ3v) is 5.56. The fourth-order valence-corrected chi connectivity index (χ4v) is 3.74. The van der Waals surface area contributed by atoms with Crippen LogP contribution in [0.25, 0.3) is 0 Å². The van der Waals surface area contributed by atoms with Crippen molar-refractivity contribution in [3.63, 3.8) is 0 Å². The summed E-state index contributed by atoms with van der Waals surface area (Å²) in [5.41, 5.74) is -1.35. The van der Waals surface area contributed by atoms with Crippen LogP contribution in [0.3, 0.4) is 0 Å². The fraction of sp³-hybridized carbons (Fsp3) is 0.400. The Bertz CT molecular complexity index is 1190. The zero-order valence-corrected chi connectivity index (χ0v) is 18.7. The van der Waals surface area contributed by atoms with E-state index >= 15 is 0 Å². The summed E-state index contributed by atoms with van der Waals surface area (Å²) in [6.45, 7) is -0.655.